The summed E-state index contributed by atoms with van der Waals surface area (Å²) in [7, 11) is 0. The fourth-order valence-electron chi connectivity index (χ4n) is 1.47. The molecular weight excluding hydrogens is 210 g/mol. The van der Waals surface area contributed by atoms with Gasteiger partial charge in [0.25, 0.3) is 5.24 Å². The molecule has 1 aliphatic rings. The molecule has 2 rings (SSSR count). The number of thioether (sulfide) groups is 1. The number of nitrogens with one attached hydrogen (secondary N) is 1. The number of aryl methyl sites for hydroxylation is 1. The van der Waals surface area contributed by atoms with Gasteiger partial charge in [0.05, 0.1) is 5.25 Å². The fourth-order valence-corrected chi connectivity index (χ4v) is 2.33. The summed E-state index contributed by atoms with van der Waals surface area (Å²) in [6.07, 6.45) is 0.614. The molecule has 15 heavy (non-hydrogen) atoms. The first-order valence-electron chi connectivity index (χ1n) is 4.72. The fraction of sp³-hybridized carbons (Fsp3) is 0.273. The molecule has 1 heterocycles. The third kappa shape index (κ3) is 2.39. The number of amides is 2. The molecule has 1 fully saturated rings. The number of imide groups is 1. The molecule has 0 spiro atoms. The van der Waals surface area contributed by atoms with E-state index in [1.165, 1.54) is 5.56 Å². The van der Waals surface area contributed by atoms with E-state index in [4.69, 9.17) is 0 Å². The summed E-state index contributed by atoms with van der Waals surface area (Å²) in [5.41, 5.74) is 2.28. The van der Waals surface area contributed by atoms with Crippen molar-refractivity contribution in [3.8, 4) is 0 Å². The van der Waals surface area contributed by atoms with E-state index in [9.17, 15) is 9.59 Å². The van der Waals surface area contributed by atoms with Crippen molar-refractivity contribution in [1.29, 1.82) is 0 Å². The Labute approximate surface area is 92.2 Å². The third-order valence-corrected chi connectivity index (χ3v) is 3.29. The van der Waals surface area contributed by atoms with Gasteiger partial charge in [-0.1, -0.05) is 41.6 Å². The van der Waals surface area contributed by atoms with Crippen LogP contribution in [0, 0.1) is 6.92 Å². The highest BCUT2D eigenvalue weighted by Crippen LogP contribution is 2.22. The van der Waals surface area contributed by atoms with E-state index in [1.54, 1.807) is 0 Å². The minimum absolute atomic E-state index is 0.175. The molecule has 0 unspecified atom stereocenters. The van der Waals surface area contributed by atoms with Gasteiger partial charge in [-0.15, -0.1) is 0 Å². The lowest BCUT2D eigenvalue weighted by atomic mass is 10.1. The highest BCUT2D eigenvalue weighted by molar-refractivity contribution is 8.15. The number of rotatable bonds is 2. The Balaban J connectivity index is 2.06. The van der Waals surface area contributed by atoms with Gasteiger partial charge in [-0.2, -0.15) is 0 Å². The van der Waals surface area contributed by atoms with Crippen LogP contribution in [-0.2, 0) is 11.2 Å². The van der Waals surface area contributed by atoms with Crippen LogP contribution in [0.3, 0.4) is 0 Å². The van der Waals surface area contributed by atoms with Crippen molar-refractivity contribution in [3.63, 3.8) is 0 Å². The molecule has 0 radical (unpaired) electrons. The Kier molecular flexibility index (Phi) is 2.77. The zero-order valence-corrected chi connectivity index (χ0v) is 9.14. The maximum atomic E-state index is 11.3. The van der Waals surface area contributed by atoms with Crippen LogP contribution in [0.2, 0.25) is 0 Å². The molecule has 1 aromatic rings. The maximum Gasteiger partial charge on any atom is 0.286 e. The van der Waals surface area contributed by atoms with Crippen molar-refractivity contribution >= 4 is 22.9 Å². The van der Waals surface area contributed by atoms with Gasteiger partial charge in [0.2, 0.25) is 5.91 Å². The van der Waals surface area contributed by atoms with Crippen LogP contribution in [0.5, 0.6) is 0 Å². The molecule has 1 aliphatic heterocycles. The minimum atomic E-state index is -0.264. The minimum Gasteiger partial charge on any atom is -0.286 e. The summed E-state index contributed by atoms with van der Waals surface area (Å²) < 4.78 is 0. The number of hydrogen-bond donors (Lipinski definition) is 1. The summed E-state index contributed by atoms with van der Waals surface area (Å²) in [6, 6.07) is 8.00. The first-order chi connectivity index (χ1) is 7.15. The normalized spacial score (nSPS) is 20.5. The van der Waals surface area contributed by atoms with Gasteiger partial charge in [0, 0.05) is 0 Å². The van der Waals surface area contributed by atoms with E-state index in [1.807, 2.05) is 31.2 Å². The van der Waals surface area contributed by atoms with Crippen molar-refractivity contribution in [2.45, 2.75) is 18.6 Å². The first-order valence-corrected chi connectivity index (χ1v) is 5.60. The number of benzene rings is 1. The zero-order chi connectivity index (χ0) is 10.8. The first kappa shape index (κ1) is 10.2. The topological polar surface area (TPSA) is 46.2 Å². The van der Waals surface area contributed by atoms with Crippen molar-refractivity contribution < 1.29 is 9.59 Å². The quantitative estimate of drug-likeness (QED) is 0.829. The van der Waals surface area contributed by atoms with Crippen LogP contribution >= 0.6 is 11.8 Å². The lowest BCUT2D eigenvalue weighted by Crippen LogP contribution is -2.25. The largest absolute Gasteiger partial charge is 0.286 e. The summed E-state index contributed by atoms with van der Waals surface area (Å²) in [4.78, 5) is 22.2. The Hall–Kier alpha value is -1.29. The molecule has 2 amide bonds. The van der Waals surface area contributed by atoms with Crippen molar-refractivity contribution in [2.24, 2.45) is 0 Å². The SMILES string of the molecule is Cc1ccc(C[C@@H]2SC(=O)NC2=O)cc1. The van der Waals surface area contributed by atoms with E-state index in [0.29, 0.717) is 6.42 Å². The average Bonchev–Trinajstić information content (AvgIpc) is 2.49. The summed E-state index contributed by atoms with van der Waals surface area (Å²) in [5.74, 6) is -0.175. The molecule has 1 N–H and O–H groups in total. The highest BCUT2D eigenvalue weighted by atomic mass is 32.2. The van der Waals surface area contributed by atoms with Crippen LogP contribution in [0.15, 0.2) is 24.3 Å². The van der Waals surface area contributed by atoms with Gasteiger partial charge in [0.1, 0.15) is 0 Å². The Morgan fingerprint density at radius 1 is 1.27 bits per heavy atom. The zero-order valence-electron chi connectivity index (χ0n) is 8.32. The number of carbonyl (C=O) groups excluding carboxylic acids is 2. The van der Waals surface area contributed by atoms with E-state index in [2.05, 4.69) is 5.32 Å². The molecule has 1 atom stereocenters. The molecular formula is C11H11NO2S. The summed E-state index contributed by atoms with van der Waals surface area (Å²) in [5, 5.41) is 1.78. The van der Waals surface area contributed by atoms with Gasteiger partial charge in [-0.25, -0.2) is 0 Å². The van der Waals surface area contributed by atoms with Crippen LogP contribution in [0.25, 0.3) is 0 Å². The van der Waals surface area contributed by atoms with Crippen molar-refractivity contribution in [3.05, 3.63) is 35.4 Å². The lowest BCUT2D eigenvalue weighted by Gasteiger charge is -2.05. The maximum absolute atomic E-state index is 11.3. The van der Waals surface area contributed by atoms with E-state index in [-0.39, 0.29) is 16.4 Å². The van der Waals surface area contributed by atoms with Gasteiger partial charge in [-0.3, -0.25) is 14.9 Å². The van der Waals surface area contributed by atoms with Gasteiger partial charge < -0.3 is 0 Å². The average molecular weight is 221 g/mol. The van der Waals surface area contributed by atoms with Crippen molar-refractivity contribution in [1.82, 2.24) is 5.32 Å². The Bertz CT molecular complexity index is 400. The molecule has 1 aromatic carbocycles. The summed E-state index contributed by atoms with van der Waals surface area (Å²) in [6.45, 7) is 2.02. The van der Waals surface area contributed by atoms with Gasteiger partial charge in [-0.05, 0) is 18.9 Å². The van der Waals surface area contributed by atoms with Crippen LogP contribution in [0.1, 0.15) is 11.1 Å². The molecule has 0 saturated carbocycles. The molecule has 1 saturated heterocycles. The predicted molar refractivity (Wildman–Crippen MR) is 59.8 cm³/mol. The van der Waals surface area contributed by atoms with Gasteiger partial charge in [0.15, 0.2) is 0 Å². The molecule has 0 aliphatic carbocycles. The van der Waals surface area contributed by atoms with Crippen molar-refractivity contribution in [2.75, 3.05) is 0 Å². The molecule has 4 heteroatoms. The van der Waals surface area contributed by atoms with E-state index < -0.39 is 0 Å². The number of hydrogen-bond acceptors (Lipinski definition) is 3. The molecule has 78 valence electrons. The lowest BCUT2D eigenvalue weighted by molar-refractivity contribution is -0.118. The van der Waals surface area contributed by atoms with Crippen LogP contribution in [-0.4, -0.2) is 16.4 Å². The highest BCUT2D eigenvalue weighted by Gasteiger charge is 2.31. The summed E-state index contributed by atoms with van der Waals surface area (Å²) >= 11 is 1.07. The molecule has 0 bridgehead atoms. The monoisotopic (exact) mass is 221 g/mol. The van der Waals surface area contributed by atoms with Crippen LogP contribution in [0.4, 0.5) is 4.79 Å². The van der Waals surface area contributed by atoms with E-state index >= 15 is 0 Å². The predicted octanol–water partition coefficient (Wildman–Crippen LogP) is 1.89. The van der Waals surface area contributed by atoms with Crippen LogP contribution < -0.4 is 5.32 Å². The third-order valence-electron chi connectivity index (χ3n) is 2.31. The Morgan fingerprint density at radius 2 is 1.93 bits per heavy atom. The standard InChI is InChI=1S/C11H11NO2S/c1-7-2-4-8(5-3-7)6-9-10(13)12-11(14)15-9/h2-5,9H,6H2,1H3,(H,12,13,14)/t9-/m0/s1. The molecule has 0 aromatic heterocycles. The second-order valence-corrected chi connectivity index (χ2v) is 4.75. The second kappa shape index (κ2) is 4.06. The smallest absolute Gasteiger partial charge is 0.286 e. The van der Waals surface area contributed by atoms with Gasteiger partial charge >= 0.3 is 0 Å². The number of carbonyl (C=O) groups is 2. The van der Waals surface area contributed by atoms with E-state index in [0.717, 1.165) is 17.3 Å². The second-order valence-electron chi connectivity index (χ2n) is 3.57. The molecule has 3 nitrogen and oxygen atoms in total. The Morgan fingerprint density at radius 3 is 2.47 bits per heavy atom.